The molecule has 0 amide bonds. The van der Waals surface area contributed by atoms with E-state index in [4.69, 9.17) is 0 Å². The number of H-pyrrole nitrogens is 1. The summed E-state index contributed by atoms with van der Waals surface area (Å²) in [4.78, 5) is 3.28. The first-order valence-corrected chi connectivity index (χ1v) is 5.15. The smallest absolute Gasteiger partial charge is 0.0382 e. The van der Waals surface area contributed by atoms with Crippen LogP contribution in [-0.2, 0) is 0 Å². The molecule has 0 fully saturated rings. The molecule has 0 radical (unpaired) electrons. The normalized spacial score (nSPS) is 11.1. The quantitative estimate of drug-likeness (QED) is 0.753. The van der Waals surface area contributed by atoms with Crippen LogP contribution in [0.4, 0.5) is 0 Å². The predicted molar refractivity (Wildman–Crippen MR) is 65.6 cm³/mol. The lowest BCUT2D eigenvalue weighted by Gasteiger charge is -1.97. The van der Waals surface area contributed by atoms with Crippen molar-refractivity contribution in [3.05, 3.63) is 58.9 Å². The molecular weight excluding hydrogens is 182 g/mol. The lowest BCUT2D eigenvalue weighted by molar-refractivity contribution is 1.25. The van der Waals surface area contributed by atoms with Gasteiger partial charge in [0.2, 0.25) is 0 Å². The summed E-state index contributed by atoms with van der Waals surface area (Å²) in [7, 11) is 0. The second-order valence-electron chi connectivity index (χ2n) is 3.79. The Kier molecular flexibility index (Phi) is 2.72. The van der Waals surface area contributed by atoms with Gasteiger partial charge < -0.3 is 4.98 Å². The molecule has 0 unspecified atom stereocenters. The van der Waals surface area contributed by atoms with E-state index in [-0.39, 0.29) is 0 Å². The molecule has 76 valence electrons. The van der Waals surface area contributed by atoms with Crippen LogP contribution in [-0.4, -0.2) is 4.98 Å². The summed E-state index contributed by atoms with van der Waals surface area (Å²) in [5.41, 5.74) is 4.91. The van der Waals surface area contributed by atoms with Crippen molar-refractivity contribution in [1.82, 2.24) is 4.98 Å². The fourth-order valence-corrected chi connectivity index (χ4v) is 1.58. The summed E-state index contributed by atoms with van der Waals surface area (Å²) in [6.45, 7) is 4.19. The molecule has 2 aromatic rings. The molecular formula is C14H15N. The third kappa shape index (κ3) is 2.38. The number of nitrogens with one attached hydrogen (secondary N) is 1. The van der Waals surface area contributed by atoms with E-state index in [1.165, 1.54) is 16.8 Å². The van der Waals surface area contributed by atoms with Gasteiger partial charge in [-0.05, 0) is 43.2 Å². The lowest BCUT2D eigenvalue weighted by Crippen LogP contribution is -1.78. The largest absolute Gasteiger partial charge is 0.359 e. The molecule has 0 spiro atoms. The number of aromatic amines is 1. The zero-order valence-corrected chi connectivity index (χ0v) is 9.12. The number of hydrogen-bond acceptors (Lipinski definition) is 0. The molecule has 0 aliphatic carbocycles. The predicted octanol–water partition coefficient (Wildman–Crippen LogP) is 3.80. The first-order chi connectivity index (χ1) is 7.25. The van der Waals surface area contributed by atoms with E-state index in [0.29, 0.717) is 0 Å². The molecule has 1 N–H and O–H groups in total. The molecule has 15 heavy (non-hydrogen) atoms. The minimum Gasteiger partial charge on any atom is -0.359 e. The molecule has 1 heterocycles. The van der Waals surface area contributed by atoms with Gasteiger partial charge in [-0.15, -0.1) is 0 Å². The number of aryl methyl sites for hydroxylation is 2. The highest BCUT2D eigenvalue weighted by molar-refractivity contribution is 5.69. The summed E-state index contributed by atoms with van der Waals surface area (Å²) in [5.74, 6) is 0. The van der Waals surface area contributed by atoms with Crippen molar-refractivity contribution in [1.29, 1.82) is 0 Å². The number of rotatable bonds is 2. The standard InChI is InChI=1S/C14H15N/c1-11-5-3-4-6-13(11)8-10-14-9-7-12(2)15-14/h3-10,15H,1-2H3/b10-8-. The van der Waals surface area contributed by atoms with Gasteiger partial charge in [0.25, 0.3) is 0 Å². The van der Waals surface area contributed by atoms with Crippen molar-refractivity contribution in [3.63, 3.8) is 0 Å². The van der Waals surface area contributed by atoms with E-state index in [0.717, 1.165) is 5.69 Å². The maximum atomic E-state index is 3.28. The monoisotopic (exact) mass is 197 g/mol. The van der Waals surface area contributed by atoms with E-state index >= 15 is 0 Å². The molecule has 0 aliphatic heterocycles. The van der Waals surface area contributed by atoms with Crippen LogP contribution in [0, 0.1) is 13.8 Å². The highest BCUT2D eigenvalue weighted by atomic mass is 14.7. The highest BCUT2D eigenvalue weighted by Gasteiger charge is 1.92. The van der Waals surface area contributed by atoms with Crippen molar-refractivity contribution in [2.45, 2.75) is 13.8 Å². The van der Waals surface area contributed by atoms with E-state index in [9.17, 15) is 0 Å². The van der Waals surface area contributed by atoms with Crippen LogP contribution in [0.2, 0.25) is 0 Å². The number of aromatic nitrogens is 1. The Hall–Kier alpha value is -1.76. The Balaban J connectivity index is 2.22. The molecule has 0 bridgehead atoms. The molecule has 0 saturated heterocycles. The summed E-state index contributed by atoms with van der Waals surface area (Å²) in [6, 6.07) is 12.5. The summed E-state index contributed by atoms with van der Waals surface area (Å²) in [5, 5.41) is 0. The fourth-order valence-electron chi connectivity index (χ4n) is 1.58. The SMILES string of the molecule is Cc1ccc(/C=C\c2ccccc2C)[nH]1. The van der Waals surface area contributed by atoms with E-state index in [1.807, 2.05) is 0 Å². The third-order valence-electron chi connectivity index (χ3n) is 2.49. The Morgan fingerprint density at radius 2 is 1.73 bits per heavy atom. The van der Waals surface area contributed by atoms with E-state index < -0.39 is 0 Å². The minimum absolute atomic E-state index is 1.15. The molecule has 2 rings (SSSR count). The summed E-state index contributed by atoms with van der Waals surface area (Å²) >= 11 is 0. The fraction of sp³-hybridized carbons (Fsp3) is 0.143. The zero-order chi connectivity index (χ0) is 10.7. The molecule has 0 saturated carbocycles. The van der Waals surface area contributed by atoms with Gasteiger partial charge in [0, 0.05) is 11.4 Å². The Morgan fingerprint density at radius 1 is 0.933 bits per heavy atom. The van der Waals surface area contributed by atoms with Crippen LogP contribution >= 0.6 is 0 Å². The zero-order valence-electron chi connectivity index (χ0n) is 9.12. The molecule has 1 nitrogen and oxygen atoms in total. The Morgan fingerprint density at radius 3 is 2.40 bits per heavy atom. The van der Waals surface area contributed by atoms with Crippen LogP contribution in [0.5, 0.6) is 0 Å². The van der Waals surface area contributed by atoms with Crippen molar-refractivity contribution in [3.8, 4) is 0 Å². The lowest BCUT2D eigenvalue weighted by atomic mass is 10.1. The first kappa shape index (κ1) is 9.78. The molecule has 0 aliphatic rings. The maximum Gasteiger partial charge on any atom is 0.0382 e. The van der Waals surface area contributed by atoms with Crippen LogP contribution < -0.4 is 0 Å². The molecule has 1 aromatic carbocycles. The van der Waals surface area contributed by atoms with E-state index in [1.54, 1.807) is 0 Å². The van der Waals surface area contributed by atoms with E-state index in [2.05, 4.69) is 67.4 Å². The minimum atomic E-state index is 1.15. The van der Waals surface area contributed by atoms with Gasteiger partial charge in [-0.3, -0.25) is 0 Å². The molecule has 1 aromatic heterocycles. The van der Waals surface area contributed by atoms with Crippen molar-refractivity contribution in [2.24, 2.45) is 0 Å². The number of benzene rings is 1. The Bertz CT molecular complexity index is 478. The van der Waals surface area contributed by atoms with Crippen molar-refractivity contribution in [2.75, 3.05) is 0 Å². The van der Waals surface area contributed by atoms with Gasteiger partial charge in [0.15, 0.2) is 0 Å². The van der Waals surface area contributed by atoms with Gasteiger partial charge >= 0.3 is 0 Å². The topological polar surface area (TPSA) is 15.8 Å². The average molecular weight is 197 g/mol. The first-order valence-electron chi connectivity index (χ1n) is 5.15. The highest BCUT2D eigenvalue weighted by Crippen LogP contribution is 2.11. The van der Waals surface area contributed by atoms with Crippen LogP contribution in [0.3, 0.4) is 0 Å². The van der Waals surface area contributed by atoms with Gasteiger partial charge in [-0.25, -0.2) is 0 Å². The number of hydrogen-bond donors (Lipinski definition) is 1. The van der Waals surface area contributed by atoms with Gasteiger partial charge in [-0.1, -0.05) is 30.3 Å². The van der Waals surface area contributed by atoms with Crippen LogP contribution in [0.15, 0.2) is 36.4 Å². The maximum absolute atomic E-state index is 3.28. The van der Waals surface area contributed by atoms with Gasteiger partial charge in [0.1, 0.15) is 0 Å². The third-order valence-corrected chi connectivity index (χ3v) is 2.49. The Labute approximate surface area is 90.5 Å². The van der Waals surface area contributed by atoms with Crippen molar-refractivity contribution < 1.29 is 0 Å². The second-order valence-corrected chi connectivity index (χ2v) is 3.79. The van der Waals surface area contributed by atoms with Gasteiger partial charge in [0.05, 0.1) is 0 Å². The van der Waals surface area contributed by atoms with Crippen LogP contribution in [0.25, 0.3) is 12.2 Å². The summed E-state index contributed by atoms with van der Waals surface area (Å²) in [6.07, 6.45) is 4.25. The average Bonchev–Trinajstić information content (AvgIpc) is 2.63. The van der Waals surface area contributed by atoms with Gasteiger partial charge in [-0.2, -0.15) is 0 Å². The van der Waals surface area contributed by atoms with Crippen molar-refractivity contribution >= 4 is 12.2 Å². The molecule has 0 atom stereocenters. The molecule has 1 heteroatoms. The summed E-state index contributed by atoms with van der Waals surface area (Å²) < 4.78 is 0. The second kappa shape index (κ2) is 4.18. The van der Waals surface area contributed by atoms with Crippen LogP contribution in [0.1, 0.15) is 22.5 Å².